The van der Waals surface area contributed by atoms with Crippen molar-refractivity contribution in [1.82, 2.24) is 14.4 Å². The SMILES string of the molecule is CC1(c2noc(C3CCOCC3)n2)CCCN(S(C)(=O)=O)C1. The molecule has 1 aromatic heterocycles. The van der Waals surface area contributed by atoms with Crippen LogP contribution in [0, 0.1) is 0 Å². The van der Waals surface area contributed by atoms with E-state index in [1.54, 1.807) is 0 Å². The number of ether oxygens (including phenoxy) is 1. The molecule has 0 saturated carbocycles. The first kappa shape index (κ1) is 15.9. The summed E-state index contributed by atoms with van der Waals surface area (Å²) in [6.45, 7) is 4.45. The second-order valence-electron chi connectivity index (χ2n) is 6.60. The summed E-state index contributed by atoms with van der Waals surface area (Å²) in [7, 11) is -3.19. The molecular weight excluding hydrogens is 306 g/mol. The van der Waals surface area contributed by atoms with Crippen molar-refractivity contribution in [3.63, 3.8) is 0 Å². The quantitative estimate of drug-likeness (QED) is 0.830. The molecule has 0 aromatic carbocycles. The number of hydrogen-bond acceptors (Lipinski definition) is 6. The predicted octanol–water partition coefficient (Wildman–Crippen LogP) is 1.28. The van der Waals surface area contributed by atoms with E-state index in [4.69, 9.17) is 9.26 Å². The summed E-state index contributed by atoms with van der Waals surface area (Å²) in [5, 5.41) is 4.15. The van der Waals surface area contributed by atoms with Gasteiger partial charge >= 0.3 is 0 Å². The van der Waals surface area contributed by atoms with E-state index < -0.39 is 10.0 Å². The van der Waals surface area contributed by atoms with E-state index in [1.807, 2.05) is 6.92 Å². The van der Waals surface area contributed by atoms with Crippen LogP contribution in [0.5, 0.6) is 0 Å². The molecular formula is C14H23N3O4S. The van der Waals surface area contributed by atoms with E-state index in [0.29, 0.717) is 24.8 Å². The lowest BCUT2D eigenvalue weighted by Crippen LogP contribution is -2.47. The molecule has 2 fully saturated rings. The zero-order chi connectivity index (χ0) is 15.8. The lowest BCUT2D eigenvalue weighted by Gasteiger charge is -2.36. The third-order valence-electron chi connectivity index (χ3n) is 4.68. The number of sulfonamides is 1. The van der Waals surface area contributed by atoms with Crippen LogP contribution in [0.1, 0.15) is 50.2 Å². The van der Waals surface area contributed by atoms with Gasteiger partial charge in [-0.1, -0.05) is 12.1 Å². The van der Waals surface area contributed by atoms with Crippen molar-refractivity contribution < 1.29 is 17.7 Å². The smallest absolute Gasteiger partial charge is 0.229 e. The minimum absolute atomic E-state index is 0.258. The lowest BCUT2D eigenvalue weighted by atomic mass is 9.82. The summed E-state index contributed by atoms with van der Waals surface area (Å²) in [4.78, 5) is 4.59. The van der Waals surface area contributed by atoms with Gasteiger partial charge in [0.2, 0.25) is 15.9 Å². The molecule has 22 heavy (non-hydrogen) atoms. The number of piperidine rings is 1. The van der Waals surface area contributed by atoms with E-state index in [2.05, 4.69) is 10.1 Å². The van der Waals surface area contributed by atoms with Gasteiger partial charge in [0, 0.05) is 37.6 Å². The predicted molar refractivity (Wildman–Crippen MR) is 80.1 cm³/mol. The van der Waals surface area contributed by atoms with Crippen LogP contribution in [0.3, 0.4) is 0 Å². The number of aromatic nitrogens is 2. The maximum Gasteiger partial charge on any atom is 0.229 e. The average Bonchev–Trinajstić information content (AvgIpc) is 2.98. The van der Waals surface area contributed by atoms with Crippen molar-refractivity contribution in [3.05, 3.63) is 11.7 Å². The highest BCUT2D eigenvalue weighted by molar-refractivity contribution is 7.88. The van der Waals surface area contributed by atoms with Crippen LogP contribution in [0.2, 0.25) is 0 Å². The summed E-state index contributed by atoms with van der Waals surface area (Å²) >= 11 is 0. The van der Waals surface area contributed by atoms with Crippen LogP contribution in [0.4, 0.5) is 0 Å². The Morgan fingerprint density at radius 3 is 2.73 bits per heavy atom. The molecule has 3 heterocycles. The van der Waals surface area contributed by atoms with Crippen molar-refractivity contribution in [2.45, 2.75) is 43.9 Å². The van der Waals surface area contributed by atoms with Crippen LogP contribution in [0.25, 0.3) is 0 Å². The molecule has 0 bridgehead atoms. The molecule has 8 heteroatoms. The molecule has 0 aliphatic carbocycles. The van der Waals surface area contributed by atoms with Gasteiger partial charge < -0.3 is 9.26 Å². The standard InChI is InChI=1S/C14H23N3O4S/c1-14(6-3-7-17(10-14)22(2,18)19)13-15-12(21-16-13)11-4-8-20-9-5-11/h11H,3-10H2,1-2H3. The van der Waals surface area contributed by atoms with Crippen molar-refractivity contribution in [1.29, 1.82) is 0 Å². The topological polar surface area (TPSA) is 85.5 Å². The molecule has 0 N–H and O–H groups in total. The van der Waals surface area contributed by atoms with Crippen molar-refractivity contribution in [2.75, 3.05) is 32.6 Å². The number of nitrogens with zero attached hydrogens (tertiary/aromatic N) is 3. The summed E-state index contributed by atoms with van der Waals surface area (Å²) in [6.07, 6.45) is 4.72. The lowest BCUT2D eigenvalue weighted by molar-refractivity contribution is 0.0778. The Kier molecular flexibility index (Phi) is 4.26. The molecule has 1 unspecified atom stereocenters. The highest BCUT2D eigenvalue weighted by atomic mass is 32.2. The molecule has 3 rings (SSSR count). The number of hydrogen-bond donors (Lipinski definition) is 0. The number of rotatable bonds is 3. The Balaban J connectivity index is 1.79. The second kappa shape index (κ2) is 5.90. The molecule has 7 nitrogen and oxygen atoms in total. The minimum atomic E-state index is -3.19. The minimum Gasteiger partial charge on any atom is -0.381 e. The van der Waals surface area contributed by atoms with Crippen molar-refractivity contribution in [3.8, 4) is 0 Å². The zero-order valence-electron chi connectivity index (χ0n) is 13.1. The first-order valence-electron chi connectivity index (χ1n) is 7.75. The molecule has 0 radical (unpaired) electrons. The van der Waals surface area contributed by atoms with Gasteiger partial charge in [0.05, 0.1) is 6.26 Å². The molecule has 0 amide bonds. The van der Waals surface area contributed by atoms with Gasteiger partial charge in [0.1, 0.15) is 0 Å². The maximum atomic E-state index is 11.8. The van der Waals surface area contributed by atoms with Gasteiger partial charge in [-0.2, -0.15) is 4.98 Å². The fourth-order valence-corrected chi connectivity index (χ4v) is 4.23. The molecule has 2 saturated heterocycles. The van der Waals surface area contributed by atoms with Crippen LogP contribution < -0.4 is 0 Å². The van der Waals surface area contributed by atoms with Crippen LogP contribution >= 0.6 is 0 Å². The normalized spacial score (nSPS) is 28.8. The second-order valence-corrected chi connectivity index (χ2v) is 8.59. The Morgan fingerprint density at radius 1 is 1.32 bits per heavy atom. The Hall–Kier alpha value is -0.990. The Bertz CT molecular complexity index is 624. The summed E-state index contributed by atoms with van der Waals surface area (Å²) < 4.78 is 35.9. The molecule has 1 atom stereocenters. The first-order valence-corrected chi connectivity index (χ1v) is 9.60. The van der Waals surface area contributed by atoms with Gasteiger partial charge in [-0.25, -0.2) is 12.7 Å². The van der Waals surface area contributed by atoms with Gasteiger partial charge in [-0.3, -0.25) is 0 Å². The average molecular weight is 329 g/mol. The highest BCUT2D eigenvalue weighted by Crippen LogP contribution is 2.34. The van der Waals surface area contributed by atoms with E-state index >= 15 is 0 Å². The third-order valence-corrected chi connectivity index (χ3v) is 5.93. The molecule has 124 valence electrons. The Morgan fingerprint density at radius 2 is 2.05 bits per heavy atom. The van der Waals surface area contributed by atoms with Crippen LogP contribution in [-0.2, 0) is 20.2 Å². The summed E-state index contributed by atoms with van der Waals surface area (Å²) in [5.74, 6) is 1.55. The van der Waals surface area contributed by atoms with Gasteiger partial charge in [-0.15, -0.1) is 0 Å². The first-order chi connectivity index (χ1) is 10.4. The summed E-state index contributed by atoms with van der Waals surface area (Å²) in [5.41, 5.74) is -0.381. The molecule has 2 aliphatic heterocycles. The highest BCUT2D eigenvalue weighted by Gasteiger charge is 2.40. The van der Waals surface area contributed by atoms with Crippen LogP contribution in [0.15, 0.2) is 4.52 Å². The zero-order valence-corrected chi connectivity index (χ0v) is 13.9. The van der Waals surface area contributed by atoms with E-state index in [-0.39, 0.29) is 11.3 Å². The fraction of sp³-hybridized carbons (Fsp3) is 0.857. The van der Waals surface area contributed by atoms with E-state index in [9.17, 15) is 8.42 Å². The molecule has 1 aromatic rings. The largest absolute Gasteiger partial charge is 0.381 e. The molecule has 2 aliphatic rings. The summed E-state index contributed by atoms with van der Waals surface area (Å²) in [6, 6.07) is 0. The van der Waals surface area contributed by atoms with E-state index in [0.717, 1.165) is 38.9 Å². The van der Waals surface area contributed by atoms with Crippen molar-refractivity contribution in [2.24, 2.45) is 0 Å². The monoisotopic (exact) mass is 329 g/mol. The van der Waals surface area contributed by atoms with E-state index in [1.165, 1.54) is 10.6 Å². The fourth-order valence-electron chi connectivity index (χ4n) is 3.25. The van der Waals surface area contributed by atoms with Gasteiger partial charge in [0.15, 0.2) is 5.82 Å². The molecule has 0 spiro atoms. The van der Waals surface area contributed by atoms with Gasteiger partial charge in [-0.05, 0) is 25.7 Å². The van der Waals surface area contributed by atoms with Crippen LogP contribution in [-0.4, -0.2) is 55.4 Å². The van der Waals surface area contributed by atoms with Gasteiger partial charge in [0.25, 0.3) is 0 Å². The Labute approximate surface area is 131 Å². The van der Waals surface area contributed by atoms with Crippen molar-refractivity contribution >= 4 is 10.0 Å². The maximum absolute atomic E-state index is 11.8. The third kappa shape index (κ3) is 3.18.